The molecule has 9 heteroatoms. The van der Waals surface area contributed by atoms with Crippen LogP contribution in [0.15, 0.2) is 53.7 Å². The molecule has 1 saturated heterocycles. The maximum absolute atomic E-state index is 13.1. The summed E-state index contributed by atoms with van der Waals surface area (Å²) in [5.74, 6) is -1.17. The van der Waals surface area contributed by atoms with Gasteiger partial charge in [0.25, 0.3) is 0 Å². The normalized spacial score (nSPS) is 17.9. The molecule has 2 heterocycles. The molecule has 146 valence electrons. The Labute approximate surface area is 161 Å². The summed E-state index contributed by atoms with van der Waals surface area (Å²) in [6.45, 7) is 0.345. The minimum absolute atomic E-state index is 0.0246. The van der Waals surface area contributed by atoms with Crippen molar-refractivity contribution in [1.82, 2.24) is 13.9 Å². The average molecular weight is 402 g/mol. The average Bonchev–Trinajstić information content (AvgIpc) is 3.30. The number of hydrogen-bond acceptors (Lipinski definition) is 4. The highest BCUT2D eigenvalue weighted by Gasteiger charge is 2.35. The van der Waals surface area contributed by atoms with Crippen LogP contribution >= 0.6 is 0 Å². The van der Waals surface area contributed by atoms with E-state index in [9.17, 15) is 17.6 Å². The molecule has 0 saturated carbocycles. The molecule has 1 amide bonds. The first-order valence-electron chi connectivity index (χ1n) is 8.82. The van der Waals surface area contributed by atoms with Crippen molar-refractivity contribution < 1.29 is 17.6 Å². The van der Waals surface area contributed by atoms with Crippen LogP contribution in [0.5, 0.6) is 0 Å². The summed E-state index contributed by atoms with van der Waals surface area (Å²) in [6, 6.07) is 10.1. The zero-order valence-corrected chi connectivity index (χ0v) is 16.0. The van der Waals surface area contributed by atoms with E-state index >= 15 is 0 Å². The molecular weight excluding hydrogens is 383 g/mol. The van der Waals surface area contributed by atoms with E-state index in [2.05, 4.69) is 10.3 Å². The number of hydrogen-bond donors (Lipinski definition) is 1. The zero-order chi connectivity index (χ0) is 19.9. The first-order valence-corrected chi connectivity index (χ1v) is 10.3. The lowest BCUT2D eigenvalue weighted by atomic mass is 10.1. The second-order valence-corrected chi connectivity index (χ2v) is 8.79. The third-order valence-electron chi connectivity index (χ3n) is 4.97. The van der Waals surface area contributed by atoms with Gasteiger partial charge >= 0.3 is 0 Å². The Bertz CT molecular complexity index is 1140. The quantitative estimate of drug-likeness (QED) is 0.726. The lowest BCUT2D eigenvalue weighted by Gasteiger charge is -2.16. The monoisotopic (exact) mass is 402 g/mol. The molecule has 1 aromatic heterocycles. The Morgan fingerprint density at radius 3 is 2.71 bits per heavy atom. The summed E-state index contributed by atoms with van der Waals surface area (Å²) in [5, 5.41) is 2.86. The van der Waals surface area contributed by atoms with E-state index < -0.39 is 21.8 Å². The van der Waals surface area contributed by atoms with Crippen molar-refractivity contribution in [3.63, 3.8) is 0 Å². The van der Waals surface area contributed by atoms with Crippen molar-refractivity contribution in [1.29, 1.82) is 0 Å². The fraction of sp³-hybridized carbons (Fsp3) is 0.263. The Hall–Kier alpha value is -2.78. The summed E-state index contributed by atoms with van der Waals surface area (Å²) in [4.78, 5) is 16.9. The second-order valence-electron chi connectivity index (χ2n) is 6.85. The summed E-state index contributed by atoms with van der Waals surface area (Å²) >= 11 is 0. The van der Waals surface area contributed by atoms with Crippen molar-refractivity contribution >= 4 is 32.7 Å². The molecule has 1 aliphatic heterocycles. The van der Waals surface area contributed by atoms with Crippen LogP contribution in [0.25, 0.3) is 11.0 Å². The number of imidazole rings is 1. The van der Waals surface area contributed by atoms with E-state index in [4.69, 9.17) is 0 Å². The maximum atomic E-state index is 13.1. The van der Waals surface area contributed by atoms with Gasteiger partial charge < -0.3 is 9.88 Å². The largest absolute Gasteiger partial charge is 0.334 e. The lowest BCUT2D eigenvalue weighted by molar-refractivity contribution is -0.119. The number of nitrogens with zero attached hydrogens (tertiary/aromatic N) is 3. The second kappa shape index (κ2) is 6.99. The van der Waals surface area contributed by atoms with Crippen molar-refractivity contribution in [2.75, 3.05) is 18.4 Å². The molecule has 0 bridgehead atoms. The van der Waals surface area contributed by atoms with Crippen LogP contribution in [0, 0.1) is 11.7 Å². The van der Waals surface area contributed by atoms with Gasteiger partial charge in [0.1, 0.15) is 5.82 Å². The van der Waals surface area contributed by atoms with Crippen LogP contribution in [0.4, 0.5) is 10.1 Å². The number of aromatic nitrogens is 2. The van der Waals surface area contributed by atoms with Crippen LogP contribution in [0.1, 0.15) is 6.42 Å². The first-order chi connectivity index (χ1) is 13.3. The number of fused-ring (bicyclic) bond motifs is 1. The number of carbonyl (C=O) groups excluding carboxylic acids is 1. The highest BCUT2D eigenvalue weighted by Crippen LogP contribution is 2.26. The molecule has 1 aliphatic rings. The highest BCUT2D eigenvalue weighted by molar-refractivity contribution is 7.89. The molecule has 0 aliphatic carbocycles. The molecule has 0 radical (unpaired) electrons. The molecular formula is C19H19FN4O3S. The Morgan fingerprint density at radius 1 is 1.21 bits per heavy atom. The highest BCUT2D eigenvalue weighted by atomic mass is 32.2. The van der Waals surface area contributed by atoms with E-state index in [1.54, 1.807) is 12.4 Å². The minimum Gasteiger partial charge on any atom is -0.334 e. The summed E-state index contributed by atoms with van der Waals surface area (Å²) in [5.41, 5.74) is 2.36. The SMILES string of the molecule is Cn1cnc2ccc(NC(=O)[C@@H]3CCN(S(=O)(=O)c4ccc(F)cc4)C3)cc21. The fourth-order valence-corrected chi connectivity index (χ4v) is 4.86. The molecule has 1 atom stereocenters. The van der Waals surface area contributed by atoms with E-state index in [0.29, 0.717) is 12.1 Å². The van der Waals surface area contributed by atoms with Crippen molar-refractivity contribution in [2.24, 2.45) is 13.0 Å². The number of sulfonamides is 1. The molecule has 0 unspecified atom stereocenters. The van der Waals surface area contributed by atoms with Crippen LogP contribution < -0.4 is 5.32 Å². The Balaban J connectivity index is 1.46. The predicted molar refractivity (Wildman–Crippen MR) is 103 cm³/mol. The van der Waals surface area contributed by atoms with Gasteiger partial charge in [-0.2, -0.15) is 4.31 Å². The number of halogens is 1. The van der Waals surface area contributed by atoms with Crippen LogP contribution in [0.2, 0.25) is 0 Å². The topological polar surface area (TPSA) is 84.3 Å². The van der Waals surface area contributed by atoms with Gasteiger partial charge in [-0.15, -0.1) is 0 Å². The van der Waals surface area contributed by atoms with Gasteiger partial charge in [-0.25, -0.2) is 17.8 Å². The molecule has 3 aromatic rings. The molecule has 28 heavy (non-hydrogen) atoms. The maximum Gasteiger partial charge on any atom is 0.243 e. The third kappa shape index (κ3) is 3.38. The number of carbonyl (C=O) groups is 1. The molecule has 1 fully saturated rings. The summed E-state index contributed by atoms with van der Waals surface area (Å²) < 4.78 is 41.6. The van der Waals surface area contributed by atoms with Gasteiger partial charge in [-0.3, -0.25) is 4.79 Å². The van der Waals surface area contributed by atoms with Crippen molar-refractivity contribution in [3.05, 3.63) is 54.6 Å². The third-order valence-corrected chi connectivity index (χ3v) is 6.85. The smallest absolute Gasteiger partial charge is 0.243 e. The fourth-order valence-electron chi connectivity index (χ4n) is 3.36. The van der Waals surface area contributed by atoms with Crippen LogP contribution in [-0.2, 0) is 21.9 Å². The summed E-state index contributed by atoms with van der Waals surface area (Å²) in [7, 11) is -1.88. The Kier molecular flexibility index (Phi) is 4.64. The van der Waals surface area contributed by atoms with Gasteiger partial charge in [0.2, 0.25) is 15.9 Å². The molecule has 0 spiro atoms. The van der Waals surface area contributed by atoms with E-state index in [-0.39, 0.29) is 23.9 Å². The number of nitrogens with one attached hydrogen (secondary N) is 1. The molecule has 4 rings (SSSR count). The zero-order valence-electron chi connectivity index (χ0n) is 15.2. The number of benzene rings is 2. The van der Waals surface area contributed by atoms with E-state index in [0.717, 1.165) is 23.2 Å². The van der Waals surface area contributed by atoms with Gasteiger partial charge in [-0.1, -0.05) is 0 Å². The van der Waals surface area contributed by atoms with Crippen molar-refractivity contribution in [2.45, 2.75) is 11.3 Å². The molecule has 1 N–H and O–H groups in total. The van der Waals surface area contributed by atoms with Gasteiger partial charge in [0.05, 0.1) is 28.2 Å². The number of anilines is 1. The Morgan fingerprint density at radius 2 is 1.96 bits per heavy atom. The van der Waals surface area contributed by atoms with Gasteiger partial charge in [-0.05, 0) is 48.9 Å². The lowest BCUT2D eigenvalue weighted by Crippen LogP contribution is -2.31. The standard InChI is InChI=1S/C19H19FN4O3S/c1-23-12-21-17-7-4-15(10-18(17)23)22-19(25)13-8-9-24(11-13)28(26,27)16-5-2-14(20)3-6-16/h2-7,10,12-13H,8-9,11H2,1H3,(H,22,25)/t13-/m1/s1. The number of rotatable bonds is 4. The predicted octanol–water partition coefficient (Wildman–Crippen LogP) is 2.36. The minimum atomic E-state index is -3.75. The number of amides is 1. The van der Waals surface area contributed by atoms with E-state index in [1.807, 2.05) is 23.7 Å². The van der Waals surface area contributed by atoms with Crippen LogP contribution in [0.3, 0.4) is 0 Å². The number of aryl methyl sites for hydroxylation is 1. The molecule has 7 nitrogen and oxygen atoms in total. The first kappa shape index (κ1) is 18.6. The molecule has 2 aromatic carbocycles. The van der Waals surface area contributed by atoms with Gasteiger partial charge in [0.15, 0.2) is 0 Å². The van der Waals surface area contributed by atoms with E-state index in [1.165, 1.54) is 16.4 Å². The summed E-state index contributed by atoms with van der Waals surface area (Å²) in [6.07, 6.45) is 2.13. The van der Waals surface area contributed by atoms with Crippen LogP contribution in [-0.4, -0.2) is 41.3 Å². The van der Waals surface area contributed by atoms with Crippen molar-refractivity contribution in [3.8, 4) is 0 Å². The van der Waals surface area contributed by atoms with Gasteiger partial charge in [0, 0.05) is 25.8 Å².